The number of amides is 2. The zero-order valence-corrected chi connectivity index (χ0v) is 23.8. The Balaban J connectivity index is 1.73. The Kier molecular flexibility index (Phi) is 8.56. The fourth-order valence-corrected chi connectivity index (χ4v) is 6.51. The number of halogens is 1. The van der Waals surface area contributed by atoms with Gasteiger partial charge in [-0.1, -0.05) is 23.7 Å². The van der Waals surface area contributed by atoms with Gasteiger partial charge in [-0.3, -0.25) is 14.5 Å². The van der Waals surface area contributed by atoms with Crippen LogP contribution in [0.25, 0.3) is 16.9 Å². The van der Waals surface area contributed by atoms with Gasteiger partial charge in [-0.25, -0.2) is 4.68 Å². The van der Waals surface area contributed by atoms with E-state index in [2.05, 4.69) is 16.8 Å². The van der Waals surface area contributed by atoms with Crippen molar-refractivity contribution in [3.63, 3.8) is 0 Å². The third-order valence-corrected chi connectivity index (χ3v) is 8.51. The average Bonchev–Trinajstić information content (AvgIpc) is 3.59. The Labute approximate surface area is 239 Å². The molecule has 1 unspecified atom stereocenters. The van der Waals surface area contributed by atoms with Crippen molar-refractivity contribution in [2.24, 2.45) is 0 Å². The number of thiophene rings is 1. The van der Waals surface area contributed by atoms with Gasteiger partial charge in [0.15, 0.2) is 0 Å². The average molecular weight is 583 g/mol. The van der Waals surface area contributed by atoms with Crippen LogP contribution in [0, 0.1) is 0 Å². The van der Waals surface area contributed by atoms with Crippen molar-refractivity contribution < 1.29 is 19.1 Å². The van der Waals surface area contributed by atoms with Gasteiger partial charge in [0, 0.05) is 29.8 Å². The fourth-order valence-electron chi connectivity index (χ4n) is 4.42. The minimum absolute atomic E-state index is 0.144. The number of hydrogen-bond donors (Lipinski definition) is 1. The van der Waals surface area contributed by atoms with Gasteiger partial charge in [0.25, 0.3) is 0 Å². The number of ether oxygens (including phenoxy) is 2. The molecule has 2 amide bonds. The largest absolute Gasteiger partial charge is 0.497 e. The molecule has 0 saturated carbocycles. The molecule has 202 valence electrons. The molecular weight excluding hydrogens is 556 g/mol. The minimum Gasteiger partial charge on any atom is -0.497 e. The molecule has 0 spiro atoms. The van der Waals surface area contributed by atoms with Gasteiger partial charge >= 0.3 is 0 Å². The maximum atomic E-state index is 13.7. The topological polar surface area (TPSA) is 85.7 Å². The Morgan fingerprint density at radius 3 is 2.56 bits per heavy atom. The van der Waals surface area contributed by atoms with E-state index < -0.39 is 0 Å². The Morgan fingerprint density at radius 2 is 1.90 bits per heavy atom. The van der Waals surface area contributed by atoms with E-state index in [4.69, 9.17) is 26.2 Å². The predicted molar refractivity (Wildman–Crippen MR) is 156 cm³/mol. The van der Waals surface area contributed by atoms with E-state index in [1.165, 1.54) is 11.8 Å². The van der Waals surface area contributed by atoms with Gasteiger partial charge in [-0.2, -0.15) is 16.4 Å². The number of carbonyl (C=O) groups excluding carboxylic acids is 2. The lowest BCUT2D eigenvalue weighted by atomic mass is 10.0. The second-order valence-corrected chi connectivity index (χ2v) is 11.1. The summed E-state index contributed by atoms with van der Waals surface area (Å²) in [6.07, 6.45) is 0. The van der Waals surface area contributed by atoms with Crippen LogP contribution in [0.4, 0.5) is 5.82 Å². The number of carbonyl (C=O) groups is 2. The van der Waals surface area contributed by atoms with Gasteiger partial charge in [-0.15, -0.1) is 11.8 Å². The molecule has 0 radical (unpaired) electrons. The van der Waals surface area contributed by atoms with Crippen molar-refractivity contribution in [1.82, 2.24) is 15.1 Å². The Bertz CT molecular complexity index is 1440. The lowest BCUT2D eigenvalue weighted by Crippen LogP contribution is -2.43. The minimum atomic E-state index is -0.277. The molecule has 2 aromatic heterocycles. The molecule has 0 aliphatic carbocycles. The van der Waals surface area contributed by atoms with Crippen LogP contribution in [-0.4, -0.2) is 61.3 Å². The zero-order chi connectivity index (χ0) is 27.4. The molecule has 1 aliphatic heterocycles. The lowest BCUT2D eigenvalue weighted by Gasteiger charge is -2.23. The first-order valence-corrected chi connectivity index (χ1v) is 14.6. The first-order chi connectivity index (χ1) is 19.0. The molecule has 1 N–H and O–H groups in total. The van der Waals surface area contributed by atoms with Crippen molar-refractivity contribution in [3.8, 4) is 22.7 Å². The van der Waals surface area contributed by atoms with Crippen LogP contribution in [0.15, 0.2) is 65.4 Å². The maximum Gasteiger partial charge on any atom is 0.240 e. The van der Waals surface area contributed by atoms with Crippen molar-refractivity contribution in [2.45, 2.75) is 5.25 Å². The first kappa shape index (κ1) is 27.3. The van der Waals surface area contributed by atoms with E-state index in [-0.39, 0.29) is 29.4 Å². The van der Waals surface area contributed by atoms with Crippen molar-refractivity contribution in [2.75, 3.05) is 44.6 Å². The number of rotatable bonds is 9. The molecule has 3 heterocycles. The molecule has 11 heteroatoms. The number of anilines is 1. The van der Waals surface area contributed by atoms with Crippen LogP contribution in [0.3, 0.4) is 0 Å². The molecule has 0 fully saturated rings. The standard InChI is InChI=1S/C28H27ClN4O4S2/c1-36-13-12-30-23(34)15-32-24(35)17-39-27(19-11-14-38-16-19)25-26(18-3-5-20(29)6-4-18)31-33(28(25)32)21-7-9-22(37-2)10-8-21/h3-11,14,16,27H,12-13,15,17H2,1-2H3,(H,30,34). The third-order valence-electron chi connectivity index (χ3n) is 6.30. The summed E-state index contributed by atoms with van der Waals surface area (Å²) in [7, 11) is 3.18. The number of nitrogens with one attached hydrogen (secondary N) is 1. The van der Waals surface area contributed by atoms with Gasteiger partial charge in [0.2, 0.25) is 11.8 Å². The SMILES string of the molecule is COCCNC(=O)CN1C(=O)CSC(c2ccsc2)c2c(-c3ccc(Cl)cc3)nn(-c3ccc(OC)cc3)c21. The molecule has 2 aromatic carbocycles. The molecule has 0 bridgehead atoms. The maximum absolute atomic E-state index is 13.7. The molecule has 5 rings (SSSR count). The van der Waals surface area contributed by atoms with E-state index >= 15 is 0 Å². The predicted octanol–water partition coefficient (Wildman–Crippen LogP) is 5.19. The molecule has 8 nitrogen and oxygen atoms in total. The number of hydrogen-bond acceptors (Lipinski definition) is 7. The normalized spacial score (nSPS) is 15.1. The van der Waals surface area contributed by atoms with E-state index in [0.29, 0.717) is 29.7 Å². The third kappa shape index (κ3) is 5.84. The van der Waals surface area contributed by atoms with E-state index in [9.17, 15) is 9.59 Å². The van der Waals surface area contributed by atoms with Gasteiger partial charge < -0.3 is 14.8 Å². The molecule has 1 atom stereocenters. The number of thioether (sulfide) groups is 1. The summed E-state index contributed by atoms with van der Waals surface area (Å²) in [5, 5.41) is 12.5. The molecule has 1 aliphatic rings. The van der Waals surface area contributed by atoms with Crippen LogP contribution in [0.1, 0.15) is 16.4 Å². The monoisotopic (exact) mass is 582 g/mol. The van der Waals surface area contributed by atoms with Crippen LogP contribution in [0.2, 0.25) is 5.02 Å². The van der Waals surface area contributed by atoms with Crippen molar-refractivity contribution >= 4 is 52.3 Å². The van der Waals surface area contributed by atoms with Gasteiger partial charge in [0.1, 0.15) is 18.1 Å². The molecular formula is C28H27ClN4O4S2. The van der Waals surface area contributed by atoms with E-state index in [1.807, 2.05) is 53.9 Å². The fraction of sp³-hybridized carbons (Fsp3) is 0.250. The highest BCUT2D eigenvalue weighted by Gasteiger charge is 2.37. The number of benzene rings is 2. The van der Waals surface area contributed by atoms with Gasteiger partial charge in [-0.05, 0) is 58.8 Å². The number of methoxy groups -OCH3 is 2. The Morgan fingerprint density at radius 1 is 1.13 bits per heavy atom. The summed E-state index contributed by atoms with van der Waals surface area (Å²) in [4.78, 5) is 28.2. The highest BCUT2D eigenvalue weighted by molar-refractivity contribution is 8.00. The second kappa shape index (κ2) is 12.3. The van der Waals surface area contributed by atoms with Crippen LogP contribution < -0.4 is 15.0 Å². The molecule has 4 aromatic rings. The highest BCUT2D eigenvalue weighted by atomic mass is 35.5. The summed E-state index contributed by atoms with van der Waals surface area (Å²) < 4.78 is 12.2. The summed E-state index contributed by atoms with van der Waals surface area (Å²) in [6, 6.07) is 17.0. The van der Waals surface area contributed by atoms with Crippen LogP contribution in [0.5, 0.6) is 5.75 Å². The first-order valence-electron chi connectivity index (χ1n) is 12.2. The van der Waals surface area contributed by atoms with Crippen LogP contribution in [-0.2, 0) is 14.3 Å². The molecule has 0 saturated heterocycles. The number of aromatic nitrogens is 2. The lowest BCUT2D eigenvalue weighted by molar-refractivity contribution is -0.123. The van der Waals surface area contributed by atoms with Crippen molar-refractivity contribution in [1.29, 1.82) is 0 Å². The van der Waals surface area contributed by atoms with E-state index in [1.54, 1.807) is 35.1 Å². The zero-order valence-electron chi connectivity index (χ0n) is 21.4. The quantitative estimate of drug-likeness (QED) is 0.273. The second-order valence-electron chi connectivity index (χ2n) is 8.77. The summed E-state index contributed by atoms with van der Waals surface area (Å²) in [5.74, 6) is 1.03. The van der Waals surface area contributed by atoms with Gasteiger partial charge in [0.05, 0.1) is 36.1 Å². The Hall–Kier alpha value is -3.31. The summed E-state index contributed by atoms with van der Waals surface area (Å²) in [6.45, 7) is 0.587. The van der Waals surface area contributed by atoms with Crippen molar-refractivity contribution in [3.05, 3.63) is 81.5 Å². The van der Waals surface area contributed by atoms with Crippen LogP contribution >= 0.6 is 34.7 Å². The molecule has 39 heavy (non-hydrogen) atoms. The highest BCUT2D eigenvalue weighted by Crippen LogP contribution is 2.49. The number of fused-ring (bicyclic) bond motifs is 1. The smallest absolute Gasteiger partial charge is 0.240 e. The number of nitrogens with zero attached hydrogens (tertiary/aromatic N) is 3. The summed E-state index contributed by atoms with van der Waals surface area (Å²) >= 11 is 9.35. The summed E-state index contributed by atoms with van der Waals surface area (Å²) in [5.41, 5.74) is 4.27. The van der Waals surface area contributed by atoms with E-state index in [0.717, 1.165) is 28.1 Å².